The largest absolute Gasteiger partial charge is 0.462 e. The van der Waals surface area contributed by atoms with Crippen LogP contribution in [0.3, 0.4) is 0 Å². The van der Waals surface area contributed by atoms with Crippen molar-refractivity contribution in [3.8, 4) is 0 Å². The van der Waals surface area contributed by atoms with Gasteiger partial charge < -0.3 is 14.2 Å². The lowest BCUT2D eigenvalue weighted by Gasteiger charge is -2.18. The van der Waals surface area contributed by atoms with Crippen LogP contribution in [0.2, 0.25) is 0 Å². The summed E-state index contributed by atoms with van der Waals surface area (Å²) in [6.45, 7) is 6.61. The van der Waals surface area contributed by atoms with E-state index in [0.717, 1.165) is 89.9 Å². The first-order valence-corrected chi connectivity index (χ1v) is 33.0. The Labute approximate surface area is 461 Å². The van der Waals surface area contributed by atoms with E-state index in [1.165, 1.54) is 231 Å². The molecule has 74 heavy (non-hydrogen) atoms. The summed E-state index contributed by atoms with van der Waals surface area (Å²) < 4.78 is 16.9. The highest BCUT2D eigenvalue weighted by Gasteiger charge is 2.19. The lowest BCUT2D eigenvalue weighted by molar-refractivity contribution is -0.167. The average molecular weight is 1040 g/mol. The number of hydrogen-bond acceptors (Lipinski definition) is 6. The van der Waals surface area contributed by atoms with E-state index in [9.17, 15) is 14.4 Å². The number of unbranched alkanes of at least 4 members (excludes halogenated alkanes) is 44. The normalized spacial score (nSPS) is 12.2. The molecular formula is C68H126O6. The lowest BCUT2D eigenvalue weighted by atomic mass is 10.0. The van der Waals surface area contributed by atoms with Crippen molar-refractivity contribution in [1.29, 1.82) is 0 Å². The summed E-state index contributed by atoms with van der Waals surface area (Å²) in [5.74, 6) is -0.866. The third-order valence-electron chi connectivity index (χ3n) is 14.8. The topological polar surface area (TPSA) is 78.9 Å². The predicted octanol–water partition coefficient (Wildman–Crippen LogP) is 22.4. The van der Waals surface area contributed by atoms with Gasteiger partial charge in [-0.2, -0.15) is 0 Å². The van der Waals surface area contributed by atoms with Crippen molar-refractivity contribution in [2.75, 3.05) is 13.2 Å². The number of hydrogen-bond donors (Lipinski definition) is 0. The van der Waals surface area contributed by atoms with E-state index in [-0.39, 0.29) is 31.1 Å². The van der Waals surface area contributed by atoms with Crippen molar-refractivity contribution in [3.05, 3.63) is 36.5 Å². The Balaban J connectivity index is 4.07. The third kappa shape index (κ3) is 60.5. The third-order valence-corrected chi connectivity index (χ3v) is 14.8. The predicted molar refractivity (Wildman–Crippen MR) is 321 cm³/mol. The van der Waals surface area contributed by atoms with Crippen molar-refractivity contribution < 1.29 is 28.6 Å². The highest BCUT2D eigenvalue weighted by Crippen LogP contribution is 2.18. The summed E-state index contributed by atoms with van der Waals surface area (Å²) in [4.78, 5) is 38.2. The van der Waals surface area contributed by atoms with E-state index in [1.807, 2.05) is 0 Å². The Morgan fingerprint density at radius 3 is 0.811 bits per heavy atom. The van der Waals surface area contributed by atoms with Crippen LogP contribution in [-0.2, 0) is 28.6 Å². The van der Waals surface area contributed by atoms with Crippen LogP contribution in [-0.4, -0.2) is 37.2 Å². The van der Waals surface area contributed by atoms with Crippen molar-refractivity contribution in [2.45, 2.75) is 367 Å². The van der Waals surface area contributed by atoms with Gasteiger partial charge in [0.25, 0.3) is 0 Å². The zero-order chi connectivity index (χ0) is 53.6. The van der Waals surface area contributed by atoms with Gasteiger partial charge in [-0.05, 0) is 70.6 Å². The summed E-state index contributed by atoms with van der Waals surface area (Å²) >= 11 is 0. The second-order valence-electron chi connectivity index (χ2n) is 22.4. The van der Waals surface area contributed by atoms with E-state index >= 15 is 0 Å². The minimum Gasteiger partial charge on any atom is -0.462 e. The standard InChI is InChI=1S/C68H126O6/c1-4-7-10-13-16-19-22-25-26-27-28-29-30-31-32-33-34-35-36-37-38-39-40-41-42-44-46-49-52-55-58-61-67(70)73-64-65(63-72-66(69)60-57-54-51-48-45-24-21-18-15-12-9-6-3)74-68(71)62-59-56-53-50-47-43-23-20-17-14-11-8-5-2/h11,14,20,23,27-28,65H,4-10,12-13,15-19,21-22,24-26,29-64H2,1-3H3/b14-11-,23-20-,28-27-. The average Bonchev–Trinajstić information content (AvgIpc) is 3.40. The van der Waals surface area contributed by atoms with Crippen LogP contribution in [0.15, 0.2) is 36.5 Å². The molecule has 6 nitrogen and oxygen atoms in total. The fraction of sp³-hybridized carbons (Fsp3) is 0.868. The Bertz CT molecular complexity index is 1240. The first kappa shape index (κ1) is 71.6. The van der Waals surface area contributed by atoms with Crippen LogP contribution < -0.4 is 0 Å². The van der Waals surface area contributed by atoms with Gasteiger partial charge in [-0.25, -0.2) is 0 Å². The molecule has 0 spiro atoms. The summed E-state index contributed by atoms with van der Waals surface area (Å²) in [5, 5.41) is 0. The molecule has 0 saturated heterocycles. The minimum atomic E-state index is -0.775. The maximum atomic E-state index is 12.8. The summed E-state index contributed by atoms with van der Waals surface area (Å²) in [5.41, 5.74) is 0. The molecule has 1 atom stereocenters. The number of rotatable bonds is 61. The molecule has 0 aromatic carbocycles. The van der Waals surface area contributed by atoms with Crippen molar-refractivity contribution in [3.63, 3.8) is 0 Å². The smallest absolute Gasteiger partial charge is 0.306 e. The summed E-state index contributed by atoms with van der Waals surface area (Å²) in [6, 6.07) is 0. The highest BCUT2D eigenvalue weighted by molar-refractivity contribution is 5.71. The van der Waals surface area contributed by atoms with Crippen LogP contribution in [0.4, 0.5) is 0 Å². The molecule has 0 heterocycles. The van der Waals surface area contributed by atoms with Crippen molar-refractivity contribution in [1.82, 2.24) is 0 Å². The molecular weight excluding hydrogens is 913 g/mol. The first-order chi connectivity index (χ1) is 36.5. The quantitative estimate of drug-likeness (QED) is 0.0261. The second kappa shape index (κ2) is 63.2. The number of carbonyl (C=O) groups excluding carboxylic acids is 3. The van der Waals surface area contributed by atoms with Gasteiger partial charge in [-0.3, -0.25) is 14.4 Å². The Morgan fingerprint density at radius 2 is 0.514 bits per heavy atom. The molecule has 0 aliphatic rings. The van der Waals surface area contributed by atoms with E-state index < -0.39 is 6.10 Å². The molecule has 0 saturated carbocycles. The zero-order valence-electron chi connectivity index (χ0n) is 49.9. The molecule has 6 heteroatoms. The second-order valence-corrected chi connectivity index (χ2v) is 22.4. The monoisotopic (exact) mass is 1040 g/mol. The lowest BCUT2D eigenvalue weighted by Crippen LogP contribution is -2.30. The number of allylic oxidation sites excluding steroid dienone is 6. The van der Waals surface area contributed by atoms with E-state index in [2.05, 4.69) is 57.2 Å². The van der Waals surface area contributed by atoms with Crippen LogP contribution in [0.5, 0.6) is 0 Å². The van der Waals surface area contributed by atoms with Gasteiger partial charge in [0, 0.05) is 19.3 Å². The molecule has 0 bridgehead atoms. The molecule has 0 aliphatic carbocycles. The highest BCUT2D eigenvalue weighted by atomic mass is 16.6. The molecule has 0 N–H and O–H groups in total. The zero-order valence-corrected chi connectivity index (χ0v) is 49.9. The minimum absolute atomic E-state index is 0.0730. The van der Waals surface area contributed by atoms with Gasteiger partial charge in [0.15, 0.2) is 6.10 Å². The van der Waals surface area contributed by atoms with Gasteiger partial charge in [0.05, 0.1) is 0 Å². The van der Waals surface area contributed by atoms with E-state index in [4.69, 9.17) is 14.2 Å². The number of carbonyl (C=O) groups is 3. The molecule has 0 fully saturated rings. The van der Waals surface area contributed by atoms with Crippen molar-refractivity contribution >= 4 is 17.9 Å². The molecule has 1 unspecified atom stereocenters. The van der Waals surface area contributed by atoms with Gasteiger partial charge >= 0.3 is 17.9 Å². The van der Waals surface area contributed by atoms with E-state index in [0.29, 0.717) is 19.3 Å². The molecule has 0 radical (unpaired) electrons. The molecule has 0 aromatic rings. The Kier molecular flexibility index (Phi) is 61.1. The molecule has 0 aromatic heterocycles. The molecule has 0 aliphatic heterocycles. The maximum absolute atomic E-state index is 12.8. The van der Waals surface area contributed by atoms with Crippen LogP contribution in [0, 0.1) is 0 Å². The molecule has 0 amide bonds. The first-order valence-electron chi connectivity index (χ1n) is 33.0. The maximum Gasteiger partial charge on any atom is 0.306 e. The van der Waals surface area contributed by atoms with Crippen LogP contribution in [0.1, 0.15) is 361 Å². The fourth-order valence-electron chi connectivity index (χ4n) is 9.89. The van der Waals surface area contributed by atoms with Gasteiger partial charge in [0.2, 0.25) is 0 Å². The fourth-order valence-corrected chi connectivity index (χ4v) is 9.89. The number of ether oxygens (including phenoxy) is 3. The Hall–Kier alpha value is -2.37. The number of esters is 3. The van der Waals surface area contributed by atoms with Crippen LogP contribution >= 0.6 is 0 Å². The van der Waals surface area contributed by atoms with Gasteiger partial charge in [0.1, 0.15) is 13.2 Å². The Morgan fingerprint density at radius 1 is 0.270 bits per heavy atom. The van der Waals surface area contributed by atoms with E-state index in [1.54, 1.807) is 0 Å². The van der Waals surface area contributed by atoms with Crippen LogP contribution in [0.25, 0.3) is 0 Å². The molecule has 0 rings (SSSR count). The van der Waals surface area contributed by atoms with Gasteiger partial charge in [-0.15, -0.1) is 0 Å². The summed E-state index contributed by atoms with van der Waals surface area (Å²) in [7, 11) is 0. The summed E-state index contributed by atoms with van der Waals surface area (Å²) in [6.07, 6.45) is 77.5. The van der Waals surface area contributed by atoms with Gasteiger partial charge in [-0.1, -0.05) is 308 Å². The van der Waals surface area contributed by atoms with Crippen molar-refractivity contribution in [2.24, 2.45) is 0 Å². The molecule has 434 valence electrons. The SMILES string of the molecule is CCC/C=C\C/C=C\CCCCCCCC(=O)OC(COC(=O)CCCCCCCCCCCCCC)COC(=O)CCCCCCCCCCCCCCCCCCCCC/C=C\CCCCCCCCCC.